The molecule has 2 heteroatoms. The molecule has 0 heterocycles. The third-order valence-electron chi connectivity index (χ3n) is 3.65. The van der Waals surface area contributed by atoms with Crippen molar-refractivity contribution in [1.82, 2.24) is 0 Å². The van der Waals surface area contributed by atoms with Crippen LogP contribution in [0.4, 0.5) is 0 Å². The molecule has 1 nitrogen and oxygen atoms in total. The summed E-state index contributed by atoms with van der Waals surface area (Å²) in [5.41, 5.74) is 3.01. The summed E-state index contributed by atoms with van der Waals surface area (Å²) < 4.78 is 1.02. The van der Waals surface area contributed by atoms with E-state index in [0.717, 1.165) is 31.9 Å². The van der Waals surface area contributed by atoms with Gasteiger partial charge in [0.05, 0.1) is 0 Å². The van der Waals surface area contributed by atoms with Crippen molar-refractivity contribution in [3.8, 4) is 0 Å². The molecule has 3 aromatic carbocycles. The zero-order valence-corrected chi connectivity index (χ0v) is 12.8. The van der Waals surface area contributed by atoms with E-state index in [1.807, 2.05) is 43.3 Å². The molecule has 20 heavy (non-hydrogen) atoms. The first kappa shape index (κ1) is 13.3. The van der Waals surface area contributed by atoms with E-state index in [9.17, 15) is 5.11 Å². The Morgan fingerprint density at radius 2 is 1.60 bits per heavy atom. The second-order valence-corrected chi connectivity index (χ2v) is 5.89. The summed E-state index contributed by atoms with van der Waals surface area (Å²) in [5, 5.41) is 13.0. The first-order chi connectivity index (χ1) is 9.66. The van der Waals surface area contributed by atoms with Crippen molar-refractivity contribution >= 4 is 26.7 Å². The van der Waals surface area contributed by atoms with Crippen LogP contribution in [-0.4, -0.2) is 5.11 Å². The van der Waals surface area contributed by atoms with Crippen LogP contribution < -0.4 is 0 Å². The van der Waals surface area contributed by atoms with Crippen LogP contribution in [0.3, 0.4) is 0 Å². The summed E-state index contributed by atoms with van der Waals surface area (Å²) in [6.45, 7) is 2.05. The maximum Gasteiger partial charge on any atom is 0.105 e. The summed E-state index contributed by atoms with van der Waals surface area (Å²) in [6.07, 6.45) is -0.603. The van der Waals surface area contributed by atoms with Gasteiger partial charge in [0.2, 0.25) is 0 Å². The van der Waals surface area contributed by atoms with Crippen molar-refractivity contribution in [1.29, 1.82) is 0 Å². The van der Waals surface area contributed by atoms with Gasteiger partial charge in [0.1, 0.15) is 6.10 Å². The van der Waals surface area contributed by atoms with Gasteiger partial charge in [-0.1, -0.05) is 64.5 Å². The third-order valence-corrected chi connectivity index (χ3v) is 4.18. The highest BCUT2D eigenvalue weighted by Gasteiger charge is 2.15. The lowest BCUT2D eigenvalue weighted by Crippen LogP contribution is -2.03. The Balaban J connectivity index is 2.18. The van der Waals surface area contributed by atoms with Crippen LogP contribution >= 0.6 is 15.9 Å². The average molecular weight is 327 g/mol. The van der Waals surface area contributed by atoms with Crippen LogP contribution in [0.25, 0.3) is 10.8 Å². The molecule has 0 saturated heterocycles. The lowest BCUT2D eigenvalue weighted by molar-refractivity contribution is 0.221. The molecule has 3 rings (SSSR count). The maximum atomic E-state index is 10.7. The molecule has 0 fully saturated rings. The molecule has 0 unspecified atom stereocenters. The normalized spacial score (nSPS) is 12.6. The third kappa shape index (κ3) is 2.37. The maximum absolute atomic E-state index is 10.7. The zero-order valence-electron chi connectivity index (χ0n) is 11.2. The molecule has 0 amide bonds. The number of hydrogen-bond donors (Lipinski definition) is 1. The fourth-order valence-electron chi connectivity index (χ4n) is 2.58. The minimum absolute atomic E-state index is 0.603. The molecule has 1 N–H and O–H groups in total. The van der Waals surface area contributed by atoms with Gasteiger partial charge in [-0.2, -0.15) is 0 Å². The number of fused-ring (bicyclic) bond motifs is 1. The first-order valence-corrected chi connectivity index (χ1v) is 7.38. The molecule has 0 aliphatic carbocycles. The lowest BCUT2D eigenvalue weighted by Gasteiger charge is -2.17. The Bertz CT molecular complexity index is 747. The number of rotatable bonds is 2. The summed E-state index contributed by atoms with van der Waals surface area (Å²) in [5.74, 6) is 0. The fraction of sp³-hybridized carbons (Fsp3) is 0.111. The van der Waals surface area contributed by atoms with Gasteiger partial charge in [0.15, 0.2) is 0 Å². The van der Waals surface area contributed by atoms with Crippen molar-refractivity contribution < 1.29 is 5.11 Å². The molecular weight excluding hydrogens is 312 g/mol. The molecule has 1 atom stereocenters. The second-order valence-electron chi connectivity index (χ2n) is 4.97. The number of hydrogen-bond acceptors (Lipinski definition) is 1. The van der Waals surface area contributed by atoms with Crippen LogP contribution in [0.1, 0.15) is 22.8 Å². The SMILES string of the molecule is Cc1ccc2ccccc2c1[C@@H](O)c1ccc(Br)cc1. The summed E-state index contributed by atoms with van der Waals surface area (Å²) in [7, 11) is 0. The predicted molar refractivity (Wildman–Crippen MR) is 86.9 cm³/mol. The zero-order chi connectivity index (χ0) is 14.1. The largest absolute Gasteiger partial charge is 0.384 e. The summed E-state index contributed by atoms with van der Waals surface area (Å²) >= 11 is 3.42. The van der Waals surface area contributed by atoms with E-state index in [1.54, 1.807) is 0 Å². The van der Waals surface area contributed by atoms with E-state index in [2.05, 4.69) is 40.2 Å². The summed E-state index contributed by atoms with van der Waals surface area (Å²) in [6, 6.07) is 20.2. The predicted octanol–water partition coefficient (Wildman–Crippen LogP) is 4.99. The van der Waals surface area contributed by atoms with Crippen molar-refractivity contribution in [2.24, 2.45) is 0 Å². The number of halogens is 1. The second kappa shape index (κ2) is 5.39. The smallest absolute Gasteiger partial charge is 0.105 e. The molecule has 0 bridgehead atoms. The Hall–Kier alpha value is -1.64. The molecule has 0 aromatic heterocycles. The highest BCUT2D eigenvalue weighted by atomic mass is 79.9. The standard InChI is InChI=1S/C18H15BrO/c1-12-6-7-13-4-2-3-5-16(13)17(12)18(20)14-8-10-15(19)11-9-14/h2-11,18,20H,1H3/t18-/m0/s1. The van der Waals surface area contributed by atoms with Gasteiger partial charge in [-0.3, -0.25) is 0 Å². The van der Waals surface area contributed by atoms with Crippen molar-refractivity contribution in [2.45, 2.75) is 13.0 Å². The van der Waals surface area contributed by atoms with Crippen molar-refractivity contribution in [3.05, 3.63) is 81.8 Å². The van der Waals surface area contributed by atoms with E-state index < -0.39 is 6.10 Å². The average Bonchev–Trinajstić information content (AvgIpc) is 2.47. The summed E-state index contributed by atoms with van der Waals surface area (Å²) in [4.78, 5) is 0. The van der Waals surface area contributed by atoms with Gasteiger partial charge in [0, 0.05) is 4.47 Å². The minimum Gasteiger partial charge on any atom is -0.384 e. The van der Waals surface area contributed by atoms with Crippen molar-refractivity contribution in [2.75, 3.05) is 0 Å². The topological polar surface area (TPSA) is 20.2 Å². The number of aryl methyl sites for hydroxylation is 1. The van der Waals surface area contributed by atoms with Gasteiger partial charge < -0.3 is 5.11 Å². The van der Waals surface area contributed by atoms with Crippen LogP contribution in [0.15, 0.2) is 65.1 Å². The Morgan fingerprint density at radius 3 is 2.35 bits per heavy atom. The van der Waals surface area contributed by atoms with Gasteiger partial charge >= 0.3 is 0 Å². The Kier molecular flexibility index (Phi) is 3.60. The van der Waals surface area contributed by atoms with Crippen LogP contribution in [-0.2, 0) is 0 Å². The van der Waals surface area contributed by atoms with Crippen LogP contribution in [0.2, 0.25) is 0 Å². The molecule has 0 aliphatic heterocycles. The molecule has 0 spiro atoms. The molecule has 0 aliphatic rings. The minimum atomic E-state index is -0.603. The van der Waals surface area contributed by atoms with Crippen LogP contribution in [0.5, 0.6) is 0 Å². The molecule has 0 radical (unpaired) electrons. The quantitative estimate of drug-likeness (QED) is 0.703. The number of aliphatic hydroxyl groups excluding tert-OH is 1. The van der Waals surface area contributed by atoms with E-state index >= 15 is 0 Å². The molecule has 100 valence electrons. The lowest BCUT2D eigenvalue weighted by atomic mass is 9.92. The van der Waals surface area contributed by atoms with E-state index in [1.165, 1.54) is 0 Å². The fourth-order valence-corrected chi connectivity index (χ4v) is 2.84. The van der Waals surface area contributed by atoms with E-state index in [0.29, 0.717) is 0 Å². The van der Waals surface area contributed by atoms with Crippen LogP contribution in [0, 0.1) is 6.92 Å². The van der Waals surface area contributed by atoms with Gasteiger partial charge in [0.25, 0.3) is 0 Å². The van der Waals surface area contributed by atoms with Gasteiger partial charge in [-0.25, -0.2) is 0 Å². The van der Waals surface area contributed by atoms with Gasteiger partial charge in [-0.05, 0) is 46.5 Å². The number of aliphatic hydroxyl groups is 1. The Labute approximate surface area is 127 Å². The first-order valence-electron chi connectivity index (χ1n) is 6.58. The monoisotopic (exact) mass is 326 g/mol. The van der Waals surface area contributed by atoms with Crippen molar-refractivity contribution in [3.63, 3.8) is 0 Å². The number of benzene rings is 3. The highest BCUT2D eigenvalue weighted by Crippen LogP contribution is 2.32. The Morgan fingerprint density at radius 1 is 0.900 bits per heavy atom. The highest BCUT2D eigenvalue weighted by molar-refractivity contribution is 9.10. The van der Waals surface area contributed by atoms with E-state index in [4.69, 9.17) is 0 Å². The molecule has 3 aromatic rings. The molecule has 0 saturated carbocycles. The van der Waals surface area contributed by atoms with E-state index in [-0.39, 0.29) is 0 Å². The van der Waals surface area contributed by atoms with Gasteiger partial charge in [-0.15, -0.1) is 0 Å². The molecular formula is C18H15BrO.